The Labute approximate surface area is 135 Å². The molecule has 0 saturated carbocycles. The van der Waals surface area contributed by atoms with Gasteiger partial charge in [-0.15, -0.1) is 11.6 Å². The summed E-state index contributed by atoms with van der Waals surface area (Å²) in [5, 5.41) is 2.56. The van der Waals surface area contributed by atoms with Gasteiger partial charge in [0.15, 0.2) is 0 Å². The van der Waals surface area contributed by atoms with Crippen LogP contribution in [0.3, 0.4) is 0 Å². The smallest absolute Gasteiger partial charge is 0.321 e. The molecule has 5 heteroatoms. The molecule has 0 saturated heterocycles. The molecule has 0 aliphatic heterocycles. The molecule has 0 fully saturated rings. The van der Waals surface area contributed by atoms with E-state index < -0.39 is 0 Å². The summed E-state index contributed by atoms with van der Waals surface area (Å²) in [5.41, 5.74) is 1.75. The number of nitrogens with one attached hydrogen (secondary N) is 1. The number of anilines is 1. The largest absolute Gasteiger partial charge is 0.492 e. The van der Waals surface area contributed by atoms with E-state index in [1.807, 2.05) is 30.3 Å². The van der Waals surface area contributed by atoms with Crippen molar-refractivity contribution in [1.29, 1.82) is 0 Å². The van der Waals surface area contributed by atoms with E-state index in [-0.39, 0.29) is 11.4 Å². The third-order valence-electron chi connectivity index (χ3n) is 3.07. The van der Waals surface area contributed by atoms with Gasteiger partial charge in [-0.2, -0.15) is 0 Å². The minimum atomic E-state index is -0.200. The van der Waals surface area contributed by atoms with Crippen molar-refractivity contribution in [2.75, 3.05) is 26.0 Å². The van der Waals surface area contributed by atoms with Crippen LogP contribution in [-0.2, 0) is 0 Å². The molecule has 2 aromatic carbocycles. The summed E-state index contributed by atoms with van der Waals surface area (Å²) >= 11 is 6.30. The van der Waals surface area contributed by atoms with Crippen molar-refractivity contribution in [2.24, 2.45) is 0 Å². The maximum absolute atomic E-state index is 11.5. The van der Waals surface area contributed by atoms with Crippen LogP contribution < -0.4 is 10.1 Å². The molecule has 0 spiro atoms. The molecule has 22 heavy (non-hydrogen) atoms. The van der Waals surface area contributed by atoms with Gasteiger partial charge in [-0.25, -0.2) is 4.79 Å². The zero-order valence-corrected chi connectivity index (χ0v) is 13.4. The molecule has 2 amide bonds. The zero-order valence-electron chi connectivity index (χ0n) is 12.6. The van der Waals surface area contributed by atoms with Crippen molar-refractivity contribution in [3.05, 3.63) is 60.2 Å². The average Bonchev–Trinajstić information content (AvgIpc) is 2.54. The Hall–Kier alpha value is -2.20. The van der Waals surface area contributed by atoms with Crippen molar-refractivity contribution in [1.82, 2.24) is 4.90 Å². The number of carbonyl (C=O) groups is 1. The summed E-state index contributed by atoms with van der Waals surface area (Å²) < 4.78 is 5.67. The number of nitrogens with zero attached hydrogens (tertiary/aromatic N) is 1. The molecule has 0 aromatic heterocycles. The molecule has 0 bridgehead atoms. The predicted molar refractivity (Wildman–Crippen MR) is 89.7 cm³/mol. The van der Waals surface area contributed by atoms with E-state index in [2.05, 4.69) is 5.32 Å². The molecule has 1 atom stereocenters. The maximum atomic E-state index is 11.5. The molecule has 2 rings (SSSR count). The van der Waals surface area contributed by atoms with Crippen molar-refractivity contribution in [3.8, 4) is 5.75 Å². The lowest BCUT2D eigenvalue weighted by Crippen LogP contribution is -2.27. The van der Waals surface area contributed by atoms with E-state index in [4.69, 9.17) is 16.3 Å². The Morgan fingerprint density at radius 1 is 1.14 bits per heavy atom. The first-order valence-corrected chi connectivity index (χ1v) is 7.40. The second-order valence-corrected chi connectivity index (χ2v) is 5.57. The van der Waals surface area contributed by atoms with Crippen LogP contribution in [0.15, 0.2) is 54.6 Å². The van der Waals surface area contributed by atoms with Crippen molar-refractivity contribution < 1.29 is 9.53 Å². The van der Waals surface area contributed by atoms with Gasteiger partial charge in [0.1, 0.15) is 12.4 Å². The van der Waals surface area contributed by atoms with Gasteiger partial charge in [-0.05, 0) is 29.8 Å². The molecule has 0 aliphatic rings. The first-order chi connectivity index (χ1) is 10.6. The zero-order chi connectivity index (χ0) is 15.9. The number of benzene rings is 2. The fourth-order valence-corrected chi connectivity index (χ4v) is 2.01. The Morgan fingerprint density at radius 3 is 2.36 bits per heavy atom. The van der Waals surface area contributed by atoms with Gasteiger partial charge < -0.3 is 15.0 Å². The number of halogens is 1. The monoisotopic (exact) mass is 318 g/mol. The van der Waals surface area contributed by atoms with E-state index in [9.17, 15) is 4.79 Å². The molecule has 2 aromatic rings. The molecule has 1 unspecified atom stereocenters. The fourth-order valence-electron chi connectivity index (χ4n) is 1.80. The van der Waals surface area contributed by atoms with Crippen LogP contribution in [0, 0.1) is 0 Å². The van der Waals surface area contributed by atoms with Crippen molar-refractivity contribution >= 4 is 23.3 Å². The highest BCUT2D eigenvalue weighted by Crippen LogP contribution is 2.22. The summed E-state index contributed by atoms with van der Waals surface area (Å²) in [7, 11) is 3.38. The van der Waals surface area contributed by atoms with Crippen LogP contribution in [0.1, 0.15) is 10.9 Å². The summed E-state index contributed by atoms with van der Waals surface area (Å²) in [4.78, 5) is 13.0. The molecule has 0 aliphatic carbocycles. The number of carbonyl (C=O) groups excluding carboxylic acids is 1. The number of hydrogen-bond acceptors (Lipinski definition) is 2. The highest BCUT2D eigenvalue weighted by Gasteiger charge is 2.08. The van der Waals surface area contributed by atoms with Gasteiger partial charge in [0.05, 0.1) is 5.38 Å². The number of ether oxygens (including phenoxy) is 1. The van der Waals surface area contributed by atoms with Gasteiger partial charge in [0.25, 0.3) is 0 Å². The first-order valence-electron chi connectivity index (χ1n) is 6.96. The third kappa shape index (κ3) is 4.67. The summed E-state index contributed by atoms with van der Waals surface area (Å²) in [5.74, 6) is 0.712. The van der Waals surface area contributed by atoms with Gasteiger partial charge in [0.2, 0.25) is 0 Å². The normalized spacial score (nSPS) is 11.6. The number of rotatable bonds is 5. The van der Waals surface area contributed by atoms with Crippen LogP contribution in [-0.4, -0.2) is 31.6 Å². The molecular weight excluding hydrogens is 300 g/mol. The second-order valence-electron chi connectivity index (χ2n) is 5.04. The molecular formula is C17H19ClN2O2. The minimum absolute atomic E-state index is 0.168. The third-order valence-corrected chi connectivity index (χ3v) is 3.45. The molecule has 0 heterocycles. The number of amides is 2. The number of urea groups is 1. The van der Waals surface area contributed by atoms with E-state index in [1.54, 1.807) is 38.4 Å². The quantitative estimate of drug-likeness (QED) is 0.842. The van der Waals surface area contributed by atoms with E-state index >= 15 is 0 Å². The summed E-state index contributed by atoms with van der Waals surface area (Å²) in [6.45, 7) is 0.384. The van der Waals surface area contributed by atoms with Crippen molar-refractivity contribution in [2.45, 2.75) is 5.38 Å². The first kappa shape index (κ1) is 16.2. The SMILES string of the molecule is CN(C)C(=O)Nc1ccc(OCC(Cl)c2ccccc2)cc1. The van der Waals surface area contributed by atoms with Gasteiger partial charge >= 0.3 is 6.03 Å². The van der Waals surface area contributed by atoms with Crippen LogP contribution in [0.25, 0.3) is 0 Å². The van der Waals surface area contributed by atoms with Crippen LogP contribution in [0.2, 0.25) is 0 Å². The topological polar surface area (TPSA) is 41.6 Å². The van der Waals surface area contributed by atoms with E-state index in [1.165, 1.54) is 4.90 Å². The van der Waals surface area contributed by atoms with Crippen LogP contribution >= 0.6 is 11.6 Å². The lowest BCUT2D eigenvalue weighted by atomic mass is 10.1. The summed E-state index contributed by atoms with van der Waals surface area (Å²) in [6.07, 6.45) is 0. The standard InChI is InChI=1S/C17H19ClN2O2/c1-20(2)17(21)19-14-8-10-15(11-9-14)22-12-16(18)13-6-4-3-5-7-13/h3-11,16H,12H2,1-2H3,(H,19,21). The molecule has 1 N–H and O–H groups in total. The Morgan fingerprint density at radius 2 is 1.77 bits per heavy atom. The predicted octanol–water partition coefficient (Wildman–Crippen LogP) is 4.14. The summed E-state index contributed by atoms with van der Waals surface area (Å²) in [6, 6.07) is 16.8. The molecule has 0 radical (unpaired) electrons. The van der Waals surface area contributed by atoms with Crippen LogP contribution in [0.5, 0.6) is 5.75 Å². The van der Waals surface area contributed by atoms with Gasteiger partial charge in [0, 0.05) is 19.8 Å². The van der Waals surface area contributed by atoms with Crippen LogP contribution in [0.4, 0.5) is 10.5 Å². The molecule has 116 valence electrons. The van der Waals surface area contributed by atoms with Crippen molar-refractivity contribution in [3.63, 3.8) is 0 Å². The van der Waals surface area contributed by atoms with Gasteiger partial charge in [-0.3, -0.25) is 0 Å². The minimum Gasteiger partial charge on any atom is -0.492 e. The lowest BCUT2D eigenvalue weighted by molar-refractivity contribution is 0.230. The number of alkyl halides is 1. The van der Waals surface area contributed by atoms with Gasteiger partial charge in [-0.1, -0.05) is 30.3 Å². The highest BCUT2D eigenvalue weighted by molar-refractivity contribution is 6.20. The molecule has 4 nitrogen and oxygen atoms in total. The fraction of sp³-hybridized carbons (Fsp3) is 0.235. The van der Waals surface area contributed by atoms with E-state index in [0.717, 1.165) is 11.3 Å². The maximum Gasteiger partial charge on any atom is 0.321 e. The lowest BCUT2D eigenvalue weighted by Gasteiger charge is -2.14. The Kier molecular flexibility index (Phi) is 5.67. The Balaban J connectivity index is 1.88. The average molecular weight is 319 g/mol. The number of hydrogen-bond donors (Lipinski definition) is 1. The Bertz CT molecular complexity index is 600. The van der Waals surface area contributed by atoms with E-state index in [0.29, 0.717) is 12.4 Å². The second kappa shape index (κ2) is 7.71. The highest BCUT2D eigenvalue weighted by atomic mass is 35.5.